The summed E-state index contributed by atoms with van der Waals surface area (Å²) in [4.78, 5) is 24.4. The molecule has 1 N–H and O–H groups in total. The van der Waals surface area contributed by atoms with Crippen LogP contribution in [0.5, 0.6) is 0 Å². The highest BCUT2D eigenvalue weighted by Gasteiger charge is 2.29. The van der Waals surface area contributed by atoms with E-state index in [1.807, 2.05) is 0 Å². The fourth-order valence-electron chi connectivity index (χ4n) is 1.95. The maximum Gasteiger partial charge on any atom is 0.304 e. The van der Waals surface area contributed by atoms with Crippen molar-refractivity contribution in [2.45, 2.75) is 19.7 Å². The predicted molar refractivity (Wildman–Crippen MR) is 65.4 cm³/mol. The number of hydrogen-bond donors (Lipinski definition) is 1. The summed E-state index contributed by atoms with van der Waals surface area (Å²) in [7, 11) is 0. The van der Waals surface area contributed by atoms with Crippen molar-refractivity contribution in [1.29, 1.82) is 0 Å². The van der Waals surface area contributed by atoms with Crippen molar-refractivity contribution >= 4 is 11.9 Å². The lowest BCUT2D eigenvalue weighted by Gasteiger charge is -2.35. The van der Waals surface area contributed by atoms with Crippen LogP contribution in [0.2, 0.25) is 0 Å². The summed E-state index contributed by atoms with van der Waals surface area (Å²) in [5.74, 6) is -0.917. The summed E-state index contributed by atoms with van der Waals surface area (Å²) in [5, 5.41) is 2.89. The molecule has 1 unspecified atom stereocenters. The summed E-state index contributed by atoms with van der Waals surface area (Å²) in [5.41, 5.74) is 0.786. The second-order valence-corrected chi connectivity index (χ2v) is 4.34. The minimum atomic E-state index is -0.621. The van der Waals surface area contributed by atoms with Gasteiger partial charge in [-0.3, -0.25) is 9.59 Å². The smallest absolute Gasteiger partial charge is 0.304 e. The highest BCUT2D eigenvalue weighted by atomic mass is 19.1. The molecule has 1 atom stereocenters. The Hall–Kier alpha value is -1.95. The van der Waals surface area contributed by atoms with Gasteiger partial charge in [-0.1, -0.05) is 12.1 Å². The molecule has 6 heteroatoms. The standard InChI is InChI=1S/C13H15FN2O3/c1-9(17)19-13-7-15-6-12(18)16(13)8-10-2-4-11(14)5-3-10/h2-5,13,15H,6-8H2,1H3. The van der Waals surface area contributed by atoms with Crippen molar-refractivity contribution in [1.82, 2.24) is 10.2 Å². The van der Waals surface area contributed by atoms with Crippen LogP contribution in [0.25, 0.3) is 0 Å². The lowest BCUT2D eigenvalue weighted by Crippen LogP contribution is -2.55. The SMILES string of the molecule is CC(=O)OC1CNCC(=O)N1Cc1ccc(F)cc1. The molecule has 1 saturated heterocycles. The highest BCUT2D eigenvalue weighted by Crippen LogP contribution is 2.13. The van der Waals surface area contributed by atoms with Gasteiger partial charge in [-0.05, 0) is 17.7 Å². The van der Waals surface area contributed by atoms with Gasteiger partial charge in [-0.25, -0.2) is 4.39 Å². The largest absolute Gasteiger partial charge is 0.440 e. The maximum absolute atomic E-state index is 12.8. The average Bonchev–Trinajstić information content (AvgIpc) is 2.35. The van der Waals surface area contributed by atoms with Crippen LogP contribution in [0.3, 0.4) is 0 Å². The van der Waals surface area contributed by atoms with Crippen molar-refractivity contribution in [2.75, 3.05) is 13.1 Å². The zero-order valence-electron chi connectivity index (χ0n) is 10.6. The fourth-order valence-corrected chi connectivity index (χ4v) is 1.95. The van der Waals surface area contributed by atoms with E-state index >= 15 is 0 Å². The molecule has 0 saturated carbocycles. The van der Waals surface area contributed by atoms with Gasteiger partial charge in [-0.15, -0.1) is 0 Å². The molecule has 0 bridgehead atoms. The van der Waals surface area contributed by atoms with Crippen LogP contribution >= 0.6 is 0 Å². The molecular weight excluding hydrogens is 251 g/mol. The normalized spacial score (nSPS) is 19.4. The summed E-state index contributed by atoms with van der Waals surface area (Å²) >= 11 is 0. The molecule has 1 fully saturated rings. The number of rotatable bonds is 3. The maximum atomic E-state index is 12.8. The van der Waals surface area contributed by atoms with Crippen molar-refractivity contribution < 1.29 is 18.7 Å². The molecule has 102 valence electrons. The second kappa shape index (κ2) is 5.79. The van der Waals surface area contributed by atoms with Crippen LogP contribution in [0.15, 0.2) is 24.3 Å². The summed E-state index contributed by atoms with van der Waals surface area (Å²) in [6, 6.07) is 5.89. The number of benzene rings is 1. The number of nitrogens with zero attached hydrogens (tertiary/aromatic N) is 1. The molecule has 1 heterocycles. The lowest BCUT2D eigenvalue weighted by atomic mass is 10.2. The number of amides is 1. The number of carbonyl (C=O) groups is 2. The molecule has 2 rings (SSSR count). The highest BCUT2D eigenvalue weighted by molar-refractivity contribution is 5.79. The fraction of sp³-hybridized carbons (Fsp3) is 0.385. The first-order valence-electron chi connectivity index (χ1n) is 5.98. The Bertz CT molecular complexity index is 475. The topological polar surface area (TPSA) is 58.6 Å². The second-order valence-electron chi connectivity index (χ2n) is 4.34. The van der Waals surface area contributed by atoms with E-state index < -0.39 is 12.2 Å². The summed E-state index contributed by atoms with van der Waals surface area (Å²) in [6.07, 6.45) is -0.621. The van der Waals surface area contributed by atoms with Crippen molar-refractivity contribution in [3.63, 3.8) is 0 Å². The molecule has 5 nitrogen and oxygen atoms in total. The van der Waals surface area contributed by atoms with Crippen LogP contribution in [0.1, 0.15) is 12.5 Å². The van der Waals surface area contributed by atoms with Crippen molar-refractivity contribution in [3.05, 3.63) is 35.6 Å². The first-order chi connectivity index (χ1) is 9.06. The van der Waals surface area contributed by atoms with E-state index in [4.69, 9.17) is 4.74 Å². The van der Waals surface area contributed by atoms with Crippen molar-refractivity contribution in [2.24, 2.45) is 0 Å². The number of carbonyl (C=O) groups excluding carboxylic acids is 2. The van der Waals surface area contributed by atoms with Gasteiger partial charge in [0.2, 0.25) is 5.91 Å². The Kier molecular flexibility index (Phi) is 4.11. The van der Waals surface area contributed by atoms with Gasteiger partial charge in [-0.2, -0.15) is 0 Å². The quantitative estimate of drug-likeness (QED) is 0.816. The molecule has 0 aromatic heterocycles. The van der Waals surface area contributed by atoms with E-state index in [9.17, 15) is 14.0 Å². The third-order valence-corrected chi connectivity index (χ3v) is 2.83. The number of halogens is 1. The minimum absolute atomic E-state index is 0.151. The molecular formula is C13H15FN2O3. The molecule has 1 aromatic rings. The summed E-state index contributed by atoms with van der Waals surface area (Å²) < 4.78 is 17.9. The Morgan fingerprint density at radius 2 is 2.16 bits per heavy atom. The molecule has 1 aliphatic rings. The van der Waals surface area contributed by atoms with E-state index in [0.29, 0.717) is 13.1 Å². The predicted octanol–water partition coefficient (Wildman–Crippen LogP) is 0.647. The molecule has 0 spiro atoms. The Labute approximate surface area is 110 Å². The minimum Gasteiger partial charge on any atom is -0.440 e. The van der Waals surface area contributed by atoms with E-state index in [2.05, 4.69) is 5.32 Å². The van der Waals surface area contributed by atoms with Gasteiger partial charge in [0.25, 0.3) is 0 Å². The Morgan fingerprint density at radius 3 is 2.79 bits per heavy atom. The number of nitrogens with one attached hydrogen (secondary N) is 1. The van der Waals surface area contributed by atoms with Gasteiger partial charge in [0.15, 0.2) is 6.23 Å². The van der Waals surface area contributed by atoms with E-state index in [1.165, 1.54) is 24.0 Å². The van der Waals surface area contributed by atoms with Gasteiger partial charge in [0, 0.05) is 13.5 Å². The summed E-state index contributed by atoms with van der Waals surface area (Å²) in [6.45, 7) is 2.19. The number of piperazine rings is 1. The third kappa shape index (κ3) is 3.51. The Morgan fingerprint density at radius 1 is 1.47 bits per heavy atom. The van der Waals surface area contributed by atoms with Crippen molar-refractivity contribution in [3.8, 4) is 0 Å². The average molecular weight is 266 g/mol. The first-order valence-corrected chi connectivity index (χ1v) is 5.98. The molecule has 19 heavy (non-hydrogen) atoms. The van der Waals surface area contributed by atoms with Crippen LogP contribution in [0, 0.1) is 5.82 Å². The molecule has 1 aromatic carbocycles. The van der Waals surface area contributed by atoms with E-state index in [0.717, 1.165) is 5.56 Å². The van der Waals surface area contributed by atoms with Gasteiger partial charge >= 0.3 is 5.97 Å². The zero-order valence-corrected chi connectivity index (χ0v) is 10.6. The number of esters is 1. The van der Waals surface area contributed by atoms with Crippen LogP contribution in [-0.4, -0.2) is 36.1 Å². The number of hydrogen-bond acceptors (Lipinski definition) is 4. The van der Waals surface area contributed by atoms with Crippen LogP contribution in [0.4, 0.5) is 4.39 Å². The molecule has 0 radical (unpaired) electrons. The Balaban J connectivity index is 2.10. The van der Waals surface area contributed by atoms with Gasteiger partial charge in [0.05, 0.1) is 13.1 Å². The zero-order chi connectivity index (χ0) is 13.8. The monoisotopic (exact) mass is 266 g/mol. The number of ether oxygens (including phenoxy) is 1. The molecule has 1 amide bonds. The van der Waals surface area contributed by atoms with E-state index in [-0.39, 0.29) is 18.3 Å². The lowest BCUT2D eigenvalue weighted by molar-refractivity contribution is -0.166. The third-order valence-electron chi connectivity index (χ3n) is 2.83. The van der Waals surface area contributed by atoms with Crippen LogP contribution < -0.4 is 5.32 Å². The molecule has 0 aliphatic carbocycles. The van der Waals surface area contributed by atoms with E-state index in [1.54, 1.807) is 12.1 Å². The first kappa shape index (κ1) is 13.5. The van der Waals surface area contributed by atoms with Gasteiger partial charge in [0.1, 0.15) is 5.82 Å². The van der Waals surface area contributed by atoms with Gasteiger partial charge < -0.3 is 15.0 Å². The van der Waals surface area contributed by atoms with Crippen LogP contribution in [-0.2, 0) is 20.9 Å². The molecule has 1 aliphatic heterocycles.